The lowest BCUT2D eigenvalue weighted by Crippen LogP contribution is -2.08. The van der Waals surface area contributed by atoms with Crippen molar-refractivity contribution in [2.45, 2.75) is 51.9 Å². The molecule has 0 aliphatic heterocycles. The van der Waals surface area contributed by atoms with Gasteiger partial charge in [0.15, 0.2) is 5.78 Å². The molecule has 1 aromatic carbocycles. The van der Waals surface area contributed by atoms with E-state index in [0.717, 1.165) is 22.9 Å². The van der Waals surface area contributed by atoms with Crippen molar-refractivity contribution >= 4 is 16.7 Å². The van der Waals surface area contributed by atoms with Gasteiger partial charge in [-0.1, -0.05) is 50.7 Å². The van der Waals surface area contributed by atoms with Gasteiger partial charge >= 0.3 is 0 Å². The Labute approximate surface area is 120 Å². The van der Waals surface area contributed by atoms with E-state index in [4.69, 9.17) is 0 Å². The summed E-state index contributed by atoms with van der Waals surface area (Å²) in [7, 11) is 0. The van der Waals surface area contributed by atoms with E-state index >= 15 is 0 Å². The normalized spacial score (nSPS) is 17.2. The van der Waals surface area contributed by atoms with Crippen LogP contribution in [0.15, 0.2) is 24.4 Å². The molecular formula is C18H23NO. The van der Waals surface area contributed by atoms with Crippen molar-refractivity contribution in [1.82, 2.24) is 4.98 Å². The number of fused-ring (bicyclic) bond motifs is 1. The number of carbonyl (C=O) groups excluding carboxylic acids is 1. The van der Waals surface area contributed by atoms with E-state index < -0.39 is 0 Å². The highest BCUT2D eigenvalue weighted by molar-refractivity contribution is 6.08. The van der Waals surface area contributed by atoms with Crippen LogP contribution in [0, 0.1) is 12.8 Å². The predicted octanol–water partition coefficient (Wildman–Crippen LogP) is 5.02. The van der Waals surface area contributed by atoms with E-state index in [2.05, 4.69) is 30.1 Å². The quantitative estimate of drug-likeness (QED) is 0.616. The molecule has 1 aliphatic rings. The number of aromatic nitrogens is 1. The van der Waals surface area contributed by atoms with Crippen molar-refractivity contribution in [3.63, 3.8) is 0 Å². The summed E-state index contributed by atoms with van der Waals surface area (Å²) in [6, 6.07) is 6.26. The fraction of sp³-hybridized carbons (Fsp3) is 0.500. The van der Waals surface area contributed by atoms with Gasteiger partial charge < -0.3 is 4.98 Å². The van der Waals surface area contributed by atoms with Gasteiger partial charge in [-0.25, -0.2) is 0 Å². The molecular weight excluding hydrogens is 246 g/mol. The van der Waals surface area contributed by atoms with Crippen LogP contribution in [0.5, 0.6) is 0 Å². The third-order valence-corrected chi connectivity index (χ3v) is 4.59. The first-order chi connectivity index (χ1) is 9.74. The summed E-state index contributed by atoms with van der Waals surface area (Å²) in [5.74, 6) is 0.910. The summed E-state index contributed by atoms with van der Waals surface area (Å²) < 4.78 is 0. The van der Waals surface area contributed by atoms with E-state index in [1.165, 1.54) is 44.1 Å². The monoisotopic (exact) mass is 269 g/mol. The van der Waals surface area contributed by atoms with Crippen LogP contribution in [0.25, 0.3) is 10.9 Å². The Morgan fingerprint density at radius 2 is 1.95 bits per heavy atom. The van der Waals surface area contributed by atoms with Gasteiger partial charge in [-0.2, -0.15) is 0 Å². The van der Waals surface area contributed by atoms with E-state index in [9.17, 15) is 4.79 Å². The zero-order valence-corrected chi connectivity index (χ0v) is 12.2. The molecule has 0 saturated heterocycles. The third-order valence-electron chi connectivity index (χ3n) is 4.59. The lowest BCUT2D eigenvalue weighted by atomic mass is 9.92. The van der Waals surface area contributed by atoms with Crippen LogP contribution in [-0.2, 0) is 0 Å². The number of hydrogen-bond donors (Lipinski definition) is 1. The molecule has 1 aliphatic carbocycles. The molecule has 1 aromatic heterocycles. The predicted molar refractivity (Wildman–Crippen MR) is 83.2 cm³/mol. The molecule has 1 heterocycles. The molecule has 20 heavy (non-hydrogen) atoms. The van der Waals surface area contributed by atoms with E-state index in [1.807, 2.05) is 6.20 Å². The fourth-order valence-corrected chi connectivity index (χ4v) is 3.41. The fourth-order valence-electron chi connectivity index (χ4n) is 3.41. The second kappa shape index (κ2) is 5.82. The second-order valence-electron chi connectivity index (χ2n) is 6.24. The SMILES string of the molecule is Cc1ccc2c(C(=O)CC3CCCCCC3)c[nH]c2c1. The Bertz CT molecular complexity index is 603. The number of nitrogens with one attached hydrogen (secondary N) is 1. The minimum atomic E-state index is 0.312. The first-order valence-corrected chi connectivity index (χ1v) is 7.85. The largest absolute Gasteiger partial charge is 0.360 e. The van der Waals surface area contributed by atoms with E-state index in [1.54, 1.807) is 0 Å². The number of H-pyrrole nitrogens is 1. The highest BCUT2D eigenvalue weighted by atomic mass is 16.1. The van der Waals surface area contributed by atoms with Crippen LogP contribution < -0.4 is 0 Å². The summed E-state index contributed by atoms with van der Waals surface area (Å²) in [5.41, 5.74) is 3.18. The van der Waals surface area contributed by atoms with Gasteiger partial charge in [0.1, 0.15) is 0 Å². The number of Topliss-reactive ketones (excluding diaryl/α,β-unsaturated/α-hetero) is 1. The zero-order valence-electron chi connectivity index (χ0n) is 12.2. The van der Waals surface area contributed by atoms with Crippen LogP contribution in [-0.4, -0.2) is 10.8 Å². The topological polar surface area (TPSA) is 32.9 Å². The molecule has 0 radical (unpaired) electrons. The zero-order chi connectivity index (χ0) is 13.9. The number of carbonyl (C=O) groups is 1. The van der Waals surface area contributed by atoms with Crippen LogP contribution in [0.2, 0.25) is 0 Å². The number of hydrogen-bond acceptors (Lipinski definition) is 1. The first kappa shape index (κ1) is 13.4. The van der Waals surface area contributed by atoms with Gasteiger partial charge in [0.05, 0.1) is 0 Å². The maximum absolute atomic E-state index is 12.6. The molecule has 1 N–H and O–H groups in total. The lowest BCUT2D eigenvalue weighted by Gasteiger charge is -2.12. The summed E-state index contributed by atoms with van der Waals surface area (Å²) in [6.45, 7) is 2.08. The van der Waals surface area contributed by atoms with Gasteiger partial charge in [0.25, 0.3) is 0 Å². The van der Waals surface area contributed by atoms with Crippen molar-refractivity contribution < 1.29 is 4.79 Å². The summed E-state index contributed by atoms with van der Waals surface area (Å²) in [6.07, 6.45) is 10.4. The molecule has 1 saturated carbocycles. The number of aryl methyl sites for hydroxylation is 1. The minimum absolute atomic E-state index is 0.312. The van der Waals surface area contributed by atoms with Gasteiger partial charge in [-0.3, -0.25) is 4.79 Å². The standard InChI is InChI=1S/C18H23NO/c1-13-8-9-15-16(12-19-17(15)10-13)18(20)11-14-6-4-2-3-5-7-14/h8-10,12,14,19H,2-7,11H2,1H3. The van der Waals surface area contributed by atoms with Crippen molar-refractivity contribution in [2.24, 2.45) is 5.92 Å². The van der Waals surface area contributed by atoms with Crippen LogP contribution in [0.4, 0.5) is 0 Å². The Hall–Kier alpha value is -1.57. The molecule has 0 atom stereocenters. The Kier molecular flexibility index (Phi) is 3.90. The van der Waals surface area contributed by atoms with Gasteiger partial charge in [-0.05, 0) is 24.5 Å². The molecule has 0 unspecified atom stereocenters. The minimum Gasteiger partial charge on any atom is -0.360 e. The molecule has 0 spiro atoms. The number of ketones is 1. The first-order valence-electron chi connectivity index (χ1n) is 7.85. The number of benzene rings is 1. The maximum atomic E-state index is 12.6. The molecule has 1 fully saturated rings. The maximum Gasteiger partial charge on any atom is 0.165 e. The highest BCUT2D eigenvalue weighted by Crippen LogP contribution is 2.28. The molecule has 2 aromatic rings. The van der Waals surface area contributed by atoms with Crippen molar-refractivity contribution in [2.75, 3.05) is 0 Å². The lowest BCUT2D eigenvalue weighted by molar-refractivity contribution is 0.0958. The molecule has 2 heteroatoms. The Morgan fingerprint density at radius 3 is 2.70 bits per heavy atom. The summed E-state index contributed by atoms with van der Waals surface area (Å²) >= 11 is 0. The number of aromatic amines is 1. The van der Waals surface area contributed by atoms with Gasteiger partial charge in [-0.15, -0.1) is 0 Å². The highest BCUT2D eigenvalue weighted by Gasteiger charge is 2.19. The van der Waals surface area contributed by atoms with Crippen molar-refractivity contribution in [1.29, 1.82) is 0 Å². The van der Waals surface area contributed by atoms with E-state index in [0.29, 0.717) is 11.7 Å². The van der Waals surface area contributed by atoms with Gasteiger partial charge in [0.2, 0.25) is 0 Å². The Balaban J connectivity index is 1.78. The molecule has 0 bridgehead atoms. The summed E-state index contributed by atoms with van der Waals surface area (Å²) in [5, 5.41) is 1.08. The van der Waals surface area contributed by atoms with Crippen LogP contribution >= 0.6 is 0 Å². The van der Waals surface area contributed by atoms with Crippen LogP contribution in [0.1, 0.15) is 60.9 Å². The number of rotatable bonds is 3. The molecule has 2 nitrogen and oxygen atoms in total. The van der Waals surface area contributed by atoms with Crippen LogP contribution in [0.3, 0.4) is 0 Å². The summed E-state index contributed by atoms with van der Waals surface area (Å²) in [4.78, 5) is 15.8. The van der Waals surface area contributed by atoms with Crippen molar-refractivity contribution in [3.8, 4) is 0 Å². The third kappa shape index (κ3) is 2.79. The van der Waals surface area contributed by atoms with Gasteiger partial charge in [0, 0.05) is 29.1 Å². The van der Waals surface area contributed by atoms with E-state index in [-0.39, 0.29) is 0 Å². The smallest absolute Gasteiger partial charge is 0.165 e. The average molecular weight is 269 g/mol. The molecule has 0 amide bonds. The average Bonchev–Trinajstić information content (AvgIpc) is 2.67. The molecule has 106 valence electrons. The second-order valence-corrected chi connectivity index (χ2v) is 6.24. The molecule has 3 rings (SSSR count). The Morgan fingerprint density at radius 1 is 1.20 bits per heavy atom. The van der Waals surface area contributed by atoms with Crippen molar-refractivity contribution in [3.05, 3.63) is 35.5 Å².